The lowest BCUT2D eigenvalue weighted by atomic mass is 10.8. The van der Waals surface area contributed by atoms with Crippen molar-refractivity contribution in [3.05, 3.63) is 0 Å². The van der Waals surface area contributed by atoms with Gasteiger partial charge in [0.05, 0.1) is 26.4 Å². The predicted octanol–water partition coefficient (Wildman–Crippen LogP) is -2.23. The van der Waals surface area contributed by atoms with Gasteiger partial charge in [0.25, 0.3) is 0 Å². The zero-order chi connectivity index (χ0) is 11.4. The van der Waals surface area contributed by atoms with Crippen LogP contribution in [0, 0.1) is 0 Å². The van der Waals surface area contributed by atoms with Gasteiger partial charge in [0.1, 0.15) is 0 Å². The topological polar surface area (TPSA) is 146 Å². The summed E-state index contributed by atoms with van der Waals surface area (Å²) >= 11 is 0. The molecule has 9 nitrogen and oxygen atoms in total. The first-order chi connectivity index (χ1) is 6.41. The van der Waals surface area contributed by atoms with Gasteiger partial charge in [0, 0.05) is 0 Å². The molecule has 0 aromatic heterocycles. The third-order valence-corrected chi connectivity index (χ3v) is 0.505. The van der Waals surface area contributed by atoms with E-state index in [0.29, 0.717) is 0 Å². The lowest BCUT2D eigenvalue weighted by molar-refractivity contribution is -0.178. The SMILES string of the molecule is O=S(=O)(O)O.OCCONOCCO. The Morgan fingerprint density at radius 1 is 1.00 bits per heavy atom. The fourth-order valence-electron chi connectivity index (χ4n) is 0.216. The molecule has 0 aromatic rings. The zero-order valence-corrected chi connectivity index (χ0v) is 7.98. The van der Waals surface area contributed by atoms with Crippen molar-refractivity contribution in [2.24, 2.45) is 0 Å². The fraction of sp³-hybridized carbons (Fsp3) is 1.00. The maximum absolute atomic E-state index is 8.74. The van der Waals surface area contributed by atoms with E-state index in [1.165, 1.54) is 0 Å². The Hall–Kier alpha value is -0.330. The molecule has 0 aliphatic rings. The molecule has 0 heterocycles. The van der Waals surface area contributed by atoms with E-state index in [1.54, 1.807) is 0 Å². The van der Waals surface area contributed by atoms with E-state index in [4.69, 9.17) is 27.7 Å². The summed E-state index contributed by atoms with van der Waals surface area (Å²) in [4.78, 5) is 8.90. The summed E-state index contributed by atoms with van der Waals surface area (Å²) in [5, 5.41) is 16.3. The van der Waals surface area contributed by atoms with Crippen molar-refractivity contribution in [1.29, 1.82) is 0 Å². The summed E-state index contributed by atoms with van der Waals surface area (Å²) in [6.45, 7) is 0.224. The van der Waals surface area contributed by atoms with E-state index < -0.39 is 10.4 Å². The highest BCUT2D eigenvalue weighted by atomic mass is 32.3. The van der Waals surface area contributed by atoms with E-state index in [0.717, 1.165) is 0 Å². The second-order valence-corrected chi connectivity index (χ2v) is 2.57. The largest absolute Gasteiger partial charge is 0.394 e. The minimum absolute atomic E-state index is 0.0600. The molecule has 0 unspecified atom stereocenters. The van der Waals surface area contributed by atoms with Crippen molar-refractivity contribution < 1.29 is 37.4 Å². The average Bonchev–Trinajstić information content (AvgIpc) is 2.01. The summed E-state index contributed by atoms with van der Waals surface area (Å²) in [7, 11) is -4.67. The molecular weight excluding hydrogens is 222 g/mol. The van der Waals surface area contributed by atoms with E-state index in [9.17, 15) is 0 Å². The predicted molar refractivity (Wildman–Crippen MR) is 43.4 cm³/mol. The molecule has 5 N–H and O–H groups in total. The Bertz CT molecular complexity index is 178. The molecule has 0 bridgehead atoms. The van der Waals surface area contributed by atoms with E-state index in [1.807, 2.05) is 0 Å². The molecule has 0 spiro atoms. The van der Waals surface area contributed by atoms with Crippen LogP contribution in [0.1, 0.15) is 0 Å². The second-order valence-electron chi connectivity index (χ2n) is 1.68. The highest BCUT2D eigenvalue weighted by molar-refractivity contribution is 7.79. The van der Waals surface area contributed by atoms with Gasteiger partial charge in [0.2, 0.25) is 0 Å². The zero-order valence-electron chi connectivity index (χ0n) is 7.16. The van der Waals surface area contributed by atoms with Crippen LogP contribution in [0.4, 0.5) is 0 Å². The van der Waals surface area contributed by atoms with Crippen molar-refractivity contribution in [2.45, 2.75) is 0 Å². The minimum atomic E-state index is -4.67. The maximum atomic E-state index is 8.74. The number of nitrogens with one attached hydrogen (secondary N) is 1. The van der Waals surface area contributed by atoms with Crippen LogP contribution in [-0.2, 0) is 20.1 Å². The Balaban J connectivity index is 0. The first kappa shape index (κ1) is 16.1. The van der Waals surface area contributed by atoms with Crippen molar-refractivity contribution >= 4 is 10.4 Å². The summed E-state index contributed by atoms with van der Waals surface area (Å²) in [5.41, 5.74) is 2.07. The second kappa shape index (κ2) is 10.7. The number of hydrogen-bond acceptors (Lipinski definition) is 7. The summed E-state index contributed by atoms with van der Waals surface area (Å²) < 4.78 is 31.6. The molecule has 0 radical (unpaired) electrons. The van der Waals surface area contributed by atoms with Gasteiger partial charge in [-0.15, -0.1) is 0 Å². The van der Waals surface area contributed by atoms with Crippen LogP contribution in [0.2, 0.25) is 0 Å². The maximum Gasteiger partial charge on any atom is 0.394 e. The quantitative estimate of drug-likeness (QED) is 0.196. The van der Waals surface area contributed by atoms with Gasteiger partial charge in [-0.1, -0.05) is 5.64 Å². The molecule has 0 aliphatic carbocycles. The third-order valence-electron chi connectivity index (χ3n) is 0.505. The van der Waals surface area contributed by atoms with Crippen LogP contribution in [0.5, 0.6) is 0 Å². The van der Waals surface area contributed by atoms with Gasteiger partial charge in [0.15, 0.2) is 0 Å². The Labute approximate surface area is 80.7 Å². The van der Waals surface area contributed by atoms with Gasteiger partial charge in [-0.3, -0.25) is 18.8 Å². The molecule has 0 rings (SSSR count). The molecule has 0 atom stereocenters. The highest BCUT2D eigenvalue weighted by Gasteiger charge is 1.84. The van der Waals surface area contributed by atoms with Gasteiger partial charge >= 0.3 is 10.4 Å². The molecule has 0 saturated heterocycles. The fourth-order valence-corrected chi connectivity index (χ4v) is 0.216. The van der Waals surface area contributed by atoms with Crippen molar-refractivity contribution in [3.63, 3.8) is 0 Å². The summed E-state index contributed by atoms with van der Waals surface area (Å²) in [5.74, 6) is 0. The van der Waals surface area contributed by atoms with Gasteiger partial charge < -0.3 is 10.2 Å². The molecule has 88 valence electrons. The van der Waals surface area contributed by atoms with Crippen LogP contribution in [-0.4, -0.2) is 54.2 Å². The number of hydrogen-bond donors (Lipinski definition) is 5. The monoisotopic (exact) mass is 235 g/mol. The molecule has 0 aliphatic heterocycles. The molecule has 0 aromatic carbocycles. The van der Waals surface area contributed by atoms with Crippen molar-refractivity contribution in [1.82, 2.24) is 5.64 Å². The molecule has 0 fully saturated rings. The Morgan fingerprint density at radius 3 is 1.50 bits per heavy atom. The van der Waals surface area contributed by atoms with Gasteiger partial charge in [-0.2, -0.15) is 8.42 Å². The standard InChI is InChI=1S/C4H11NO4.H2O4S/c6-1-3-8-5-9-4-2-7;1-5(2,3)4/h5-7H,1-4H2;(H2,1,2,3,4). The van der Waals surface area contributed by atoms with Crippen molar-refractivity contribution in [3.8, 4) is 0 Å². The number of aliphatic hydroxyl groups excluding tert-OH is 2. The smallest absolute Gasteiger partial charge is 0.394 e. The first-order valence-electron chi connectivity index (χ1n) is 3.32. The van der Waals surface area contributed by atoms with Crippen LogP contribution in [0.25, 0.3) is 0 Å². The van der Waals surface area contributed by atoms with Crippen LogP contribution >= 0.6 is 0 Å². The van der Waals surface area contributed by atoms with E-state index in [2.05, 4.69) is 15.3 Å². The van der Waals surface area contributed by atoms with Gasteiger partial charge in [-0.25, -0.2) is 0 Å². The Kier molecular flexibility index (Phi) is 12.4. The summed E-state index contributed by atoms with van der Waals surface area (Å²) in [6, 6.07) is 0. The normalized spacial score (nSPS) is 10.6. The van der Waals surface area contributed by atoms with E-state index in [-0.39, 0.29) is 26.4 Å². The lowest BCUT2D eigenvalue weighted by Gasteiger charge is -2.01. The van der Waals surface area contributed by atoms with E-state index >= 15 is 0 Å². The van der Waals surface area contributed by atoms with Crippen LogP contribution in [0.15, 0.2) is 0 Å². The average molecular weight is 235 g/mol. The van der Waals surface area contributed by atoms with Crippen LogP contribution in [0.3, 0.4) is 0 Å². The first-order valence-corrected chi connectivity index (χ1v) is 4.71. The molecule has 14 heavy (non-hydrogen) atoms. The van der Waals surface area contributed by atoms with Gasteiger partial charge in [-0.05, 0) is 0 Å². The molecular formula is C4H13NO8S. The minimum Gasteiger partial charge on any atom is -0.394 e. The molecule has 10 heteroatoms. The molecule has 0 saturated carbocycles. The molecule has 0 amide bonds. The Morgan fingerprint density at radius 2 is 1.29 bits per heavy atom. The third kappa shape index (κ3) is 41.3. The highest BCUT2D eigenvalue weighted by Crippen LogP contribution is 1.67. The van der Waals surface area contributed by atoms with Crippen molar-refractivity contribution in [2.75, 3.05) is 26.4 Å². The number of rotatable bonds is 6. The van der Waals surface area contributed by atoms with Crippen LogP contribution < -0.4 is 5.64 Å². The number of aliphatic hydroxyl groups is 2. The lowest BCUT2D eigenvalue weighted by Crippen LogP contribution is -2.19. The summed E-state index contributed by atoms with van der Waals surface area (Å²) in [6.07, 6.45) is 0.